The van der Waals surface area contributed by atoms with E-state index >= 15 is 0 Å². The van der Waals surface area contributed by atoms with E-state index in [0.717, 1.165) is 12.8 Å². The summed E-state index contributed by atoms with van der Waals surface area (Å²) in [5.74, 6) is 0.0834. The minimum absolute atomic E-state index is 0.00354. The van der Waals surface area contributed by atoms with E-state index in [1.165, 1.54) is 83.5 Å². The summed E-state index contributed by atoms with van der Waals surface area (Å²) >= 11 is 0. The first-order chi connectivity index (χ1) is 14.6. The average Bonchev–Trinajstić information content (AvgIpc) is 2.71. The summed E-state index contributed by atoms with van der Waals surface area (Å²) in [6, 6.07) is 0. The zero-order valence-electron chi connectivity index (χ0n) is 19.9. The van der Waals surface area contributed by atoms with Crippen LogP contribution in [0.15, 0.2) is 0 Å². The Balaban J connectivity index is 3.39. The minimum atomic E-state index is -0.592. The van der Waals surface area contributed by atoms with Crippen molar-refractivity contribution in [2.24, 2.45) is 5.73 Å². The average molecular weight is 429 g/mol. The molecule has 0 saturated carbocycles. The molecule has 5 nitrogen and oxygen atoms in total. The van der Waals surface area contributed by atoms with Crippen molar-refractivity contribution >= 4 is 5.91 Å². The van der Waals surface area contributed by atoms with E-state index in [1.807, 2.05) is 0 Å². The SMILES string of the molecule is CCCCCCCCCCCCCCCCCC(=O)NCCC(N)(CCO)CCO. The van der Waals surface area contributed by atoms with Crippen molar-refractivity contribution in [3.8, 4) is 0 Å². The molecule has 5 heteroatoms. The third kappa shape index (κ3) is 19.3. The molecule has 180 valence electrons. The van der Waals surface area contributed by atoms with Gasteiger partial charge in [-0.2, -0.15) is 0 Å². The van der Waals surface area contributed by atoms with Crippen LogP contribution < -0.4 is 11.1 Å². The van der Waals surface area contributed by atoms with Gasteiger partial charge < -0.3 is 21.3 Å². The van der Waals surface area contributed by atoms with Gasteiger partial charge >= 0.3 is 0 Å². The summed E-state index contributed by atoms with van der Waals surface area (Å²) in [4.78, 5) is 11.9. The van der Waals surface area contributed by atoms with Gasteiger partial charge in [-0.05, 0) is 25.7 Å². The van der Waals surface area contributed by atoms with Crippen molar-refractivity contribution < 1.29 is 15.0 Å². The fourth-order valence-electron chi connectivity index (χ4n) is 4.02. The highest BCUT2D eigenvalue weighted by Crippen LogP contribution is 2.16. The second-order valence-corrected chi connectivity index (χ2v) is 9.11. The summed E-state index contributed by atoms with van der Waals surface area (Å²) < 4.78 is 0. The zero-order chi connectivity index (χ0) is 22.3. The zero-order valence-corrected chi connectivity index (χ0v) is 19.9. The lowest BCUT2D eigenvalue weighted by Gasteiger charge is -2.28. The van der Waals surface area contributed by atoms with Gasteiger partial charge in [0.2, 0.25) is 5.91 Å². The Morgan fingerprint density at radius 3 is 1.50 bits per heavy atom. The highest BCUT2D eigenvalue weighted by molar-refractivity contribution is 5.75. The lowest BCUT2D eigenvalue weighted by Crippen LogP contribution is -2.44. The number of carbonyl (C=O) groups excluding carboxylic acids is 1. The minimum Gasteiger partial charge on any atom is -0.396 e. The van der Waals surface area contributed by atoms with Crippen LogP contribution in [0.1, 0.15) is 129 Å². The first kappa shape index (κ1) is 29.4. The summed E-state index contributed by atoms with van der Waals surface area (Å²) in [5.41, 5.74) is 5.58. The van der Waals surface area contributed by atoms with Gasteiger partial charge in [-0.15, -0.1) is 0 Å². The molecule has 0 saturated heterocycles. The molecule has 0 bridgehead atoms. The number of amides is 1. The van der Waals surface area contributed by atoms with Crippen LogP contribution in [0.4, 0.5) is 0 Å². The van der Waals surface area contributed by atoms with Crippen LogP contribution in [0, 0.1) is 0 Å². The molecular formula is C25H52N2O3. The molecular weight excluding hydrogens is 376 g/mol. The van der Waals surface area contributed by atoms with Crippen molar-refractivity contribution in [3.05, 3.63) is 0 Å². The third-order valence-corrected chi connectivity index (χ3v) is 6.17. The Hall–Kier alpha value is -0.650. The van der Waals surface area contributed by atoms with E-state index in [2.05, 4.69) is 12.2 Å². The maximum Gasteiger partial charge on any atom is 0.219 e. The predicted octanol–water partition coefficient (Wildman–Crippen LogP) is 5.22. The lowest BCUT2D eigenvalue weighted by molar-refractivity contribution is -0.121. The number of carbonyl (C=O) groups is 1. The van der Waals surface area contributed by atoms with E-state index in [9.17, 15) is 4.79 Å². The molecule has 0 unspecified atom stereocenters. The number of nitrogens with two attached hydrogens (primary N) is 1. The maximum absolute atomic E-state index is 11.9. The molecule has 0 aromatic heterocycles. The van der Waals surface area contributed by atoms with Gasteiger partial charge in [-0.1, -0.05) is 96.8 Å². The van der Waals surface area contributed by atoms with Gasteiger partial charge in [0, 0.05) is 31.7 Å². The molecule has 0 heterocycles. The molecule has 0 radical (unpaired) electrons. The molecule has 0 fully saturated rings. The van der Waals surface area contributed by atoms with Crippen LogP contribution in [0.25, 0.3) is 0 Å². The Labute approximate surface area is 186 Å². The monoisotopic (exact) mass is 428 g/mol. The van der Waals surface area contributed by atoms with E-state index in [-0.39, 0.29) is 19.1 Å². The standard InChI is InChI=1S/C25H52N2O3/c1-2-3-4-5-6-7-8-9-10-11-12-13-14-15-16-17-24(30)27-21-18-25(26,19-22-28)20-23-29/h28-29H,2-23,26H2,1H3,(H,27,30). The first-order valence-electron chi connectivity index (χ1n) is 12.9. The smallest absolute Gasteiger partial charge is 0.219 e. The Morgan fingerprint density at radius 2 is 1.10 bits per heavy atom. The Bertz CT molecular complexity index is 371. The van der Waals surface area contributed by atoms with Crippen LogP contribution >= 0.6 is 0 Å². The van der Waals surface area contributed by atoms with Gasteiger partial charge in [-0.25, -0.2) is 0 Å². The van der Waals surface area contributed by atoms with Crippen LogP contribution in [0.2, 0.25) is 0 Å². The van der Waals surface area contributed by atoms with Crippen molar-refractivity contribution in [3.63, 3.8) is 0 Å². The molecule has 0 atom stereocenters. The summed E-state index contributed by atoms with van der Waals surface area (Å²) in [7, 11) is 0. The van der Waals surface area contributed by atoms with Crippen LogP contribution in [0.3, 0.4) is 0 Å². The Kier molecular flexibility index (Phi) is 21.1. The topological polar surface area (TPSA) is 95.6 Å². The molecule has 0 aromatic carbocycles. The molecule has 5 N–H and O–H groups in total. The van der Waals surface area contributed by atoms with Crippen LogP contribution in [0.5, 0.6) is 0 Å². The van der Waals surface area contributed by atoms with Gasteiger partial charge in [0.25, 0.3) is 0 Å². The number of unbranched alkanes of at least 4 members (excludes halogenated alkanes) is 14. The fraction of sp³-hybridized carbons (Fsp3) is 0.960. The van der Waals surface area contributed by atoms with E-state index in [1.54, 1.807) is 0 Å². The quantitative estimate of drug-likeness (QED) is 0.168. The van der Waals surface area contributed by atoms with Crippen LogP contribution in [-0.2, 0) is 4.79 Å². The molecule has 0 aromatic rings. The van der Waals surface area contributed by atoms with E-state index < -0.39 is 5.54 Å². The molecule has 0 aliphatic heterocycles. The highest BCUT2D eigenvalue weighted by atomic mass is 16.3. The summed E-state index contributed by atoms with van der Waals surface area (Å²) in [6.45, 7) is 2.79. The van der Waals surface area contributed by atoms with Gasteiger partial charge in [0.1, 0.15) is 0 Å². The molecule has 30 heavy (non-hydrogen) atoms. The molecule has 0 spiro atoms. The highest BCUT2D eigenvalue weighted by Gasteiger charge is 2.23. The molecule has 0 rings (SSSR count). The molecule has 1 amide bonds. The second-order valence-electron chi connectivity index (χ2n) is 9.11. The normalized spacial score (nSPS) is 11.7. The number of aliphatic hydroxyl groups is 2. The van der Waals surface area contributed by atoms with Crippen molar-refractivity contribution in [1.29, 1.82) is 0 Å². The predicted molar refractivity (Wildman–Crippen MR) is 127 cm³/mol. The number of nitrogens with one attached hydrogen (secondary N) is 1. The van der Waals surface area contributed by atoms with Crippen molar-refractivity contribution in [1.82, 2.24) is 5.32 Å². The summed E-state index contributed by atoms with van der Waals surface area (Å²) in [6.07, 6.45) is 21.9. The lowest BCUT2D eigenvalue weighted by atomic mass is 9.89. The maximum atomic E-state index is 11.9. The van der Waals surface area contributed by atoms with Crippen molar-refractivity contribution in [2.45, 2.75) is 134 Å². The number of rotatable bonds is 23. The third-order valence-electron chi connectivity index (χ3n) is 6.17. The molecule has 0 aliphatic carbocycles. The van der Waals surface area contributed by atoms with Gasteiger partial charge in [-0.3, -0.25) is 4.79 Å². The van der Waals surface area contributed by atoms with E-state index in [4.69, 9.17) is 15.9 Å². The van der Waals surface area contributed by atoms with Gasteiger partial charge in [0.05, 0.1) is 0 Å². The number of aliphatic hydroxyl groups excluding tert-OH is 2. The Morgan fingerprint density at radius 1 is 0.700 bits per heavy atom. The number of hydrogen-bond acceptors (Lipinski definition) is 4. The fourth-order valence-corrected chi connectivity index (χ4v) is 4.02. The van der Waals surface area contributed by atoms with Crippen LogP contribution in [-0.4, -0.2) is 41.4 Å². The van der Waals surface area contributed by atoms with Gasteiger partial charge in [0.15, 0.2) is 0 Å². The molecule has 0 aliphatic rings. The van der Waals surface area contributed by atoms with E-state index in [0.29, 0.717) is 32.2 Å². The number of hydrogen-bond donors (Lipinski definition) is 4. The second kappa shape index (κ2) is 21.6. The summed E-state index contributed by atoms with van der Waals surface area (Å²) in [5, 5.41) is 21.1. The first-order valence-corrected chi connectivity index (χ1v) is 12.9. The van der Waals surface area contributed by atoms with Crippen molar-refractivity contribution in [2.75, 3.05) is 19.8 Å². The largest absolute Gasteiger partial charge is 0.396 e.